The number of benzene rings is 2. The van der Waals surface area contributed by atoms with Gasteiger partial charge in [0.05, 0.1) is 36.0 Å². The van der Waals surface area contributed by atoms with Gasteiger partial charge < -0.3 is 31.4 Å². The maximum atomic E-state index is 9.65. The number of allylic oxidation sites excluding steroid dienone is 1. The molecule has 2 aromatic carbocycles. The molecule has 1 heterocycles. The molecule has 3 rings (SSSR count). The van der Waals surface area contributed by atoms with Crippen LogP contribution < -0.4 is 31.4 Å². The van der Waals surface area contributed by atoms with Crippen LogP contribution in [0.15, 0.2) is 40.2 Å². The summed E-state index contributed by atoms with van der Waals surface area (Å²) in [6, 6.07) is 9.23. The van der Waals surface area contributed by atoms with E-state index in [2.05, 4.69) is 22.0 Å². The molecule has 0 radical (unpaired) electrons. The Morgan fingerprint density at radius 2 is 1.88 bits per heavy atom. The molecule has 1 atom stereocenters. The van der Waals surface area contributed by atoms with Crippen molar-refractivity contribution in [3.05, 3.63) is 51.3 Å². The Bertz CT molecular complexity index is 966. The van der Waals surface area contributed by atoms with Crippen LogP contribution in [0.3, 0.4) is 0 Å². The monoisotopic (exact) mass is 416 g/mol. The molecule has 0 spiro atoms. The number of nitrogen functional groups attached to an aromatic ring is 2. The molecular formula is C18H17BrN4O3. The molecule has 1 aliphatic heterocycles. The zero-order valence-corrected chi connectivity index (χ0v) is 15.8. The number of methoxy groups -OCH3 is 2. The lowest BCUT2D eigenvalue weighted by Gasteiger charge is -2.28. The van der Waals surface area contributed by atoms with E-state index in [1.165, 1.54) is 0 Å². The Morgan fingerprint density at radius 1 is 1.15 bits per heavy atom. The number of fused-ring (bicyclic) bond motifs is 1. The second kappa shape index (κ2) is 6.69. The van der Waals surface area contributed by atoms with Crippen molar-refractivity contribution in [2.45, 2.75) is 5.92 Å². The van der Waals surface area contributed by atoms with Crippen molar-refractivity contribution in [3.63, 3.8) is 0 Å². The number of rotatable bonds is 3. The van der Waals surface area contributed by atoms with Gasteiger partial charge in [-0.3, -0.25) is 0 Å². The molecule has 0 aliphatic carbocycles. The summed E-state index contributed by atoms with van der Waals surface area (Å²) >= 11 is 3.48. The molecule has 1 aliphatic rings. The fourth-order valence-electron chi connectivity index (χ4n) is 3.01. The van der Waals surface area contributed by atoms with Crippen LogP contribution >= 0.6 is 15.9 Å². The second-order valence-corrected chi connectivity index (χ2v) is 6.50. The van der Waals surface area contributed by atoms with Crippen LogP contribution in [-0.2, 0) is 0 Å². The third-order valence-electron chi connectivity index (χ3n) is 4.25. The average Bonchev–Trinajstić information content (AvgIpc) is 2.63. The number of ether oxygens (including phenoxy) is 3. The third-order valence-corrected chi connectivity index (χ3v) is 4.84. The fourth-order valence-corrected chi connectivity index (χ4v) is 3.63. The van der Waals surface area contributed by atoms with Crippen molar-refractivity contribution < 1.29 is 14.2 Å². The highest BCUT2D eigenvalue weighted by atomic mass is 79.9. The number of hydrogen-bond donors (Lipinski definition) is 3. The summed E-state index contributed by atoms with van der Waals surface area (Å²) in [6.07, 6.45) is 0. The van der Waals surface area contributed by atoms with Gasteiger partial charge in [0.2, 0.25) is 5.88 Å². The van der Waals surface area contributed by atoms with Crippen molar-refractivity contribution in [1.82, 2.24) is 0 Å². The summed E-state index contributed by atoms with van der Waals surface area (Å²) in [5.74, 6) is 0.938. The Morgan fingerprint density at radius 3 is 2.50 bits per heavy atom. The number of halogens is 1. The highest BCUT2D eigenvalue weighted by Gasteiger charge is 2.33. The van der Waals surface area contributed by atoms with E-state index in [-0.39, 0.29) is 17.1 Å². The first-order valence-electron chi connectivity index (χ1n) is 7.59. The molecule has 0 bridgehead atoms. The molecule has 0 amide bonds. The standard InChI is InChI=1S/C18H17BrN4O3/c1-24-13-6-8(5-11(19)17(13)25-2)14-9-3-4-12(21)15(22)16(9)26-18(23)10(14)7-20/h3-6,14H,21-23H2,1-2H3/t14-/m1/s1. The van der Waals surface area contributed by atoms with Crippen molar-refractivity contribution in [2.24, 2.45) is 5.73 Å². The lowest BCUT2D eigenvalue weighted by Crippen LogP contribution is -2.22. The van der Waals surface area contributed by atoms with E-state index in [0.29, 0.717) is 33.0 Å². The lowest BCUT2D eigenvalue weighted by molar-refractivity contribution is 0.352. The molecule has 8 heteroatoms. The van der Waals surface area contributed by atoms with Gasteiger partial charge in [-0.1, -0.05) is 6.07 Å². The molecule has 7 nitrogen and oxygen atoms in total. The van der Waals surface area contributed by atoms with Gasteiger partial charge in [-0.25, -0.2) is 0 Å². The Hall–Kier alpha value is -3.05. The first kappa shape index (κ1) is 17.8. The normalized spacial score (nSPS) is 15.7. The van der Waals surface area contributed by atoms with E-state index >= 15 is 0 Å². The van der Waals surface area contributed by atoms with Gasteiger partial charge in [0.1, 0.15) is 11.6 Å². The quantitative estimate of drug-likeness (QED) is 0.655. The Kier molecular flexibility index (Phi) is 4.57. The van der Waals surface area contributed by atoms with Crippen LogP contribution in [0.5, 0.6) is 17.2 Å². The minimum atomic E-state index is -0.484. The molecule has 0 aromatic heterocycles. The molecule has 0 saturated carbocycles. The van der Waals surface area contributed by atoms with Gasteiger partial charge in [-0.15, -0.1) is 0 Å². The summed E-state index contributed by atoms with van der Waals surface area (Å²) < 4.78 is 17.0. The summed E-state index contributed by atoms with van der Waals surface area (Å²) in [6.45, 7) is 0. The van der Waals surface area contributed by atoms with Crippen molar-refractivity contribution >= 4 is 27.3 Å². The average molecular weight is 417 g/mol. The second-order valence-electron chi connectivity index (χ2n) is 5.65. The van der Waals surface area contributed by atoms with Crippen molar-refractivity contribution in [1.29, 1.82) is 5.26 Å². The van der Waals surface area contributed by atoms with E-state index < -0.39 is 5.92 Å². The van der Waals surface area contributed by atoms with Gasteiger partial charge in [0.15, 0.2) is 17.2 Å². The fraction of sp³-hybridized carbons (Fsp3) is 0.167. The zero-order valence-electron chi connectivity index (χ0n) is 14.2. The van der Waals surface area contributed by atoms with Gasteiger partial charge in [-0.05, 0) is 39.7 Å². The Labute approximate surface area is 159 Å². The molecule has 26 heavy (non-hydrogen) atoms. The lowest BCUT2D eigenvalue weighted by atomic mass is 9.83. The van der Waals surface area contributed by atoms with Crippen LogP contribution in [0, 0.1) is 11.3 Å². The smallest absolute Gasteiger partial charge is 0.205 e. The van der Waals surface area contributed by atoms with E-state index in [1.807, 2.05) is 6.07 Å². The first-order valence-corrected chi connectivity index (χ1v) is 8.39. The number of anilines is 2. The molecule has 0 fully saturated rings. The highest BCUT2D eigenvalue weighted by molar-refractivity contribution is 9.10. The number of nitrogens with zero attached hydrogens (tertiary/aromatic N) is 1. The van der Waals surface area contributed by atoms with Gasteiger partial charge in [-0.2, -0.15) is 5.26 Å². The minimum Gasteiger partial charge on any atom is -0.493 e. The predicted molar refractivity (Wildman–Crippen MR) is 102 cm³/mol. The van der Waals surface area contributed by atoms with Gasteiger partial charge in [0.25, 0.3) is 0 Å². The molecule has 0 unspecified atom stereocenters. The maximum Gasteiger partial charge on any atom is 0.205 e. The summed E-state index contributed by atoms with van der Waals surface area (Å²) in [7, 11) is 3.09. The predicted octanol–water partition coefficient (Wildman–Crippen LogP) is 2.85. The van der Waals surface area contributed by atoms with Crippen LogP contribution in [0.2, 0.25) is 0 Å². The topological polar surface area (TPSA) is 130 Å². The zero-order chi connectivity index (χ0) is 19.0. The SMILES string of the molecule is COc1cc([C@H]2C(C#N)=C(N)Oc3c2ccc(N)c3N)cc(Br)c1OC. The molecule has 2 aromatic rings. The van der Waals surface area contributed by atoms with Crippen LogP contribution in [0.4, 0.5) is 11.4 Å². The molecule has 134 valence electrons. The maximum absolute atomic E-state index is 9.65. The van der Waals surface area contributed by atoms with E-state index in [0.717, 1.165) is 5.56 Å². The summed E-state index contributed by atoms with van der Waals surface area (Å²) in [5.41, 5.74) is 20.3. The molecular weight excluding hydrogens is 400 g/mol. The number of nitrogens with two attached hydrogens (primary N) is 3. The third kappa shape index (κ3) is 2.66. The van der Waals surface area contributed by atoms with Crippen LogP contribution in [0.1, 0.15) is 17.0 Å². The highest BCUT2D eigenvalue weighted by Crippen LogP contribution is 2.48. The van der Waals surface area contributed by atoms with Gasteiger partial charge >= 0.3 is 0 Å². The van der Waals surface area contributed by atoms with Crippen molar-refractivity contribution in [3.8, 4) is 23.3 Å². The largest absolute Gasteiger partial charge is 0.493 e. The van der Waals surface area contributed by atoms with E-state index in [4.69, 9.17) is 31.4 Å². The number of hydrogen-bond acceptors (Lipinski definition) is 7. The molecule has 6 N–H and O–H groups in total. The minimum absolute atomic E-state index is 0.00629. The summed E-state index contributed by atoms with van der Waals surface area (Å²) in [4.78, 5) is 0. The van der Waals surface area contributed by atoms with Crippen LogP contribution in [0.25, 0.3) is 0 Å². The van der Waals surface area contributed by atoms with Gasteiger partial charge in [0, 0.05) is 5.56 Å². The first-order chi connectivity index (χ1) is 12.4. The van der Waals surface area contributed by atoms with E-state index in [1.54, 1.807) is 32.4 Å². The van der Waals surface area contributed by atoms with E-state index in [9.17, 15) is 5.26 Å². The number of nitriles is 1. The molecule has 0 saturated heterocycles. The van der Waals surface area contributed by atoms with Crippen LogP contribution in [-0.4, -0.2) is 14.2 Å². The van der Waals surface area contributed by atoms with Crippen molar-refractivity contribution in [2.75, 3.05) is 25.7 Å². The Balaban J connectivity index is 2.29. The summed E-state index contributed by atoms with van der Waals surface area (Å²) in [5, 5.41) is 9.65.